The van der Waals surface area contributed by atoms with Crippen LogP contribution in [0, 0.1) is 13.8 Å². The molecule has 0 aliphatic carbocycles. The Morgan fingerprint density at radius 1 is 1.13 bits per heavy atom. The zero-order chi connectivity index (χ0) is 16.4. The maximum Gasteiger partial charge on any atom is 0.204 e. The first kappa shape index (κ1) is 15.5. The lowest BCUT2D eigenvalue weighted by atomic mass is 10.2. The molecule has 1 N–H and O–H groups in total. The number of hydrogen-bond acceptors (Lipinski definition) is 3. The molecule has 3 aromatic rings. The van der Waals surface area contributed by atoms with Gasteiger partial charge in [0, 0.05) is 19.8 Å². The van der Waals surface area contributed by atoms with Crippen LogP contribution in [0.1, 0.15) is 11.1 Å². The van der Waals surface area contributed by atoms with Crippen molar-refractivity contribution in [2.75, 3.05) is 24.3 Å². The molecule has 0 unspecified atom stereocenters. The van der Waals surface area contributed by atoms with Crippen molar-refractivity contribution in [2.24, 2.45) is 4.99 Å². The predicted molar refractivity (Wildman–Crippen MR) is 101 cm³/mol. The maximum absolute atomic E-state index is 4.73. The van der Waals surface area contributed by atoms with Gasteiger partial charge in [0.25, 0.3) is 0 Å². The van der Waals surface area contributed by atoms with Crippen LogP contribution in [-0.2, 0) is 0 Å². The number of thiazole rings is 1. The molecule has 1 heterocycles. The Bertz CT molecular complexity index is 866. The average Bonchev–Trinajstić information content (AvgIpc) is 2.95. The molecule has 0 fully saturated rings. The quantitative estimate of drug-likeness (QED) is 0.559. The number of guanidine groups is 1. The van der Waals surface area contributed by atoms with Crippen molar-refractivity contribution in [1.29, 1.82) is 0 Å². The van der Waals surface area contributed by atoms with Crippen LogP contribution >= 0.6 is 11.3 Å². The van der Waals surface area contributed by atoms with Crippen molar-refractivity contribution in [3.63, 3.8) is 0 Å². The van der Waals surface area contributed by atoms with Crippen LogP contribution in [0.15, 0.2) is 47.5 Å². The van der Waals surface area contributed by atoms with Crippen LogP contribution in [-0.4, -0.2) is 25.0 Å². The van der Waals surface area contributed by atoms with E-state index in [9.17, 15) is 0 Å². The van der Waals surface area contributed by atoms with Crippen LogP contribution in [0.3, 0.4) is 0 Å². The van der Waals surface area contributed by atoms with Gasteiger partial charge in [0.15, 0.2) is 5.13 Å². The fourth-order valence-electron chi connectivity index (χ4n) is 2.40. The van der Waals surface area contributed by atoms with Gasteiger partial charge in [0.2, 0.25) is 5.96 Å². The first-order chi connectivity index (χ1) is 11.1. The first-order valence-corrected chi connectivity index (χ1v) is 8.30. The summed E-state index contributed by atoms with van der Waals surface area (Å²) in [6.45, 7) is 4.16. The van der Waals surface area contributed by atoms with Crippen LogP contribution in [0.2, 0.25) is 0 Å². The summed E-state index contributed by atoms with van der Waals surface area (Å²) in [5, 5.41) is 4.29. The molecule has 4 nitrogen and oxygen atoms in total. The molecule has 0 bridgehead atoms. The summed E-state index contributed by atoms with van der Waals surface area (Å²) in [4.78, 5) is 11.1. The highest BCUT2D eigenvalue weighted by atomic mass is 32.1. The van der Waals surface area contributed by atoms with Crippen molar-refractivity contribution >= 4 is 38.3 Å². The summed E-state index contributed by atoms with van der Waals surface area (Å²) in [5.41, 5.74) is 4.49. The maximum atomic E-state index is 4.73. The molecule has 3 rings (SSSR count). The summed E-state index contributed by atoms with van der Waals surface area (Å²) in [6.07, 6.45) is 0. The molecular weight excluding hydrogens is 304 g/mol. The normalized spacial score (nSPS) is 11.7. The number of hydrogen-bond donors (Lipinski definition) is 1. The van der Waals surface area contributed by atoms with Crippen molar-refractivity contribution < 1.29 is 0 Å². The molecule has 0 saturated carbocycles. The van der Waals surface area contributed by atoms with Gasteiger partial charge >= 0.3 is 0 Å². The Morgan fingerprint density at radius 2 is 1.91 bits per heavy atom. The third-order valence-electron chi connectivity index (χ3n) is 3.62. The predicted octanol–water partition coefficient (Wildman–Crippen LogP) is 4.45. The topological polar surface area (TPSA) is 40.5 Å². The molecule has 23 heavy (non-hydrogen) atoms. The van der Waals surface area contributed by atoms with E-state index >= 15 is 0 Å². The Kier molecular flexibility index (Phi) is 4.30. The molecule has 0 radical (unpaired) electrons. The summed E-state index contributed by atoms with van der Waals surface area (Å²) in [7, 11) is 3.77. The van der Waals surface area contributed by atoms with E-state index in [1.807, 2.05) is 24.1 Å². The van der Waals surface area contributed by atoms with E-state index in [1.54, 1.807) is 18.4 Å². The second kappa shape index (κ2) is 6.38. The molecular formula is C18H20N4S. The SMILES string of the molecule is CN=C(Nc1cccc(C)c1)N(C)c1nc2cc(C)ccc2s1. The van der Waals surface area contributed by atoms with Gasteiger partial charge in [-0.05, 0) is 49.2 Å². The molecule has 118 valence electrons. The molecule has 0 aliphatic heterocycles. The highest BCUT2D eigenvalue weighted by Gasteiger charge is 2.13. The molecule has 0 atom stereocenters. The molecule has 2 aromatic carbocycles. The fourth-order valence-corrected chi connectivity index (χ4v) is 3.31. The minimum atomic E-state index is 0.770. The average molecular weight is 324 g/mol. The van der Waals surface area contributed by atoms with E-state index in [0.717, 1.165) is 22.3 Å². The second-order valence-electron chi connectivity index (χ2n) is 5.57. The largest absolute Gasteiger partial charge is 0.326 e. The van der Waals surface area contributed by atoms with Crippen molar-refractivity contribution in [3.8, 4) is 0 Å². The minimum Gasteiger partial charge on any atom is -0.326 e. The third-order valence-corrected chi connectivity index (χ3v) is 4.74. The lowest BCUT2D eigenvalue weighted by molar-refractivity contribution is 1.19. The van der Waals surface area contributed by atoms with Crippen molar-refractivity contribution in [3.05, 3.63) is 53.6 Å². The summed E-state index contributed by atoms with van der Waals surface area (Å²) < 4.78 is 1.18. The van der Waals surface area contributed by atoms with Crippen molar-refractivity contribution in [1.82, 2.24) is 4.98 Å². The van der Waals surface area contributed by atoms with E-state index < -0.39 is 0 Å². The smallest absolute Gasteiger partial charge is 0.204 e. The zero-order valence-corrected chi connectivity index (χ0v) is 14.6. The number of anilines is 2. The number of aryl methyl sites for hydroxylation is 2. The van der Waals surface area contributed by atoms with Gasteiger partial charge < -0.3 is 5.32 Å². The first-order valence-electron chi connectivity index (χ1n) is 7.48. The number of fused-ring (bicyclic) bond motifs is 1. The van der Waals surface area contributed by atoms with Gasteiger partial charge in [-0.2, -0.15) is 0 Å². The standard InChI is InChI=1S/C18H20N4S/c1-12-6-5-7-14(10-12)20-17(19-3)22(4)18-21-15-11-13(2)8-9-16(15)23-18/h5-11H,1-4H3,(H,19,20). The lowest BCUT2D eigenvalue weighted by Gasteiger charge is -2.19. The number of rotatable bonds is 2. The van der Waals surface area contributed by atoms with Crippen LogP contribution in [0.25, 0.3) is 10.2 Å². The van der Waals surface area contributed by atoms with Gasteiger partial charge in [0.1, 0.15) is 0 Å². The summed E-state index contributed by atoms with van der Waals surface area (Å²) >= 11 is 1.67. The summed E-state index contributed by atoms with van der Waals surface area (Å²) in [5.74, 6) is 0.770. The number of nitrogens with one attached hydrogen (secondary N) is 1. The van der Waals surface area contributed by atoms with Gasteiger partial charge in [-0.15, -0.1) is 0 Å². The second-order valence-corrected chi connectivity index (χ2v) is 6.58. The Hall–Kier alpha value is -2.40. The zero-order valence-electron chi connectivity index (χ0n) is 13.8. The van der Waals surface area contributed by atoms with E-state index in [4.69, 9.17) is 4.98 Å². The lowest BCUT2D eigenvalue weighted by Crippen LogP contribution is -2.32. The highest BCUT2D eigenvalue weighted by Crippen LogP contribution is 2.29. The Balaban J connectivity index is 1.88. The van der Waals surface area contributed by atoms with Crippen LogP contribution in [0.4, 0.5) is 10.8 Å². The van der Waals surface area contributed by atoms with E-state index in [1.165, 1.54) is 15.8 Å². The van der Waals surface area contributed by atoms with Gasteiger partial charge in [0.05, 0.1) is 10.2 Å². The Labute approximate surface area is 140 Å². The monoisotopic (exact) mass is 324 g/mol. The number of benzene rings is 2. The molecule has 0 spiro atoms. The van der Waals surface area contributed by atoms with Gasteiger partial charge in [-0.3, -0.25) is 9.89 Å². The van der Waals surface area contributed by atoms with E-state index in [0.29, 0.717) is 0 Å². The molecule has 5 heteroatoms. The molecule has 0 amide bonds. The summed E-state index contributed by atoms with van der Waals surface area (Å²) in [6, 6.07) is 14.6. The molecule has 1 aromatic heterocycles. The van der Waals surface area contributed by atoms with E-state index in [-0.39, 0.29) is 0 Å². The number of nitrogens with zero attached hydrogens (tertiary/aromatic N) is 3. The number of aromatic nitrogens is 1. The molecule has 0 saturated heterocycles. The number of aliphatic imine (C=N–C) groups is 1. The highest BCUT2D eigenvalue weighted by molar-refractivity contribution is 7.22. The van der Waals surface area contributed by atoms with E-state index in [2.05, 4.69) is 54.5 Å². The third kappa shape index (κ3) is 3.35. The van der Waals surface area contributed by atoms with Crippen molar-refractivity contribution in [2.45, 2.75) is 13.8 Å². The minimum absolute atomic E-state index is 0.770. The fraction of sp³-hybridized carbons (Fsp3) is 0.222. The van der Waals surface area contributed by atoms with Crippen LogP contribution in [0.5, 0.6) is 0 Å². The van der Waals surface area contributed by atoms with Gasteiger partial charge in [-0.25, -0.2) is 4.98 Å². The molecule has 0 aliphatic rings. The van der Waals surface area contributed by atoms with Crippen LogP contribution < -0.4 is 10.2 Å². The Morgan fingerprint density at radius 3 is 2.65 bits per heavy atom. The van der Waals surface area contributed by atoms with Gasteiger partial charge in [-0.1, -0.05) is 29.5 Å².